The van der Waals surface area contributed by atoms with Crippen LogP contribution in [0.25, 0.3) is 0 Å². The van der Waals surface area contributed by atoms with Crippen LogP contribution < -0.4 is 16.4 Å². The summed E-state index contributed by atoms with van der Waals surface area (Å²) in [4.78, 5) is 38.4. The average Bonchev–Trinajstić information content (AvgIpc) is 2.84. The lowest BCUT2D eigenvalue weighted by Crippen LogP contribution is -2.32. The highest BCUT2D eigenvalue weighted by atomic mass is 16.3. The molecule has 1 aromatic heterocycles. The summed E-state index contributed by atoms with van der Waals surface area (Å²) in [6.45, 7) is 0.304. The Labute approximate surface area is 196 Å². The molecule has 3 aromatic rings. The first kappa shape index (κ1) is 22.9. The van der Waals surface area contributed by atoms with E-state index in [1.54, 1.807) is 11.9 Å². The van der Waals surface area contributed by atoms with Gasteiger partial charge in [0.05, 0.1) is 25.4 Å². The van der Waals surface area contributed by atoms with Crippen molar-refractivity contribution in [1.82, 2.24) is 14.9 Å². The Morgan fingerprint density at radius 2 is 2.06 bits per heavy atom. The predicted octanol–water partition coefficient (Wildman–Crippen LogP) is 2.01. The number of aliphatic imine (C=N–C) groups is 1. The Morgan fingerprint density at radius 1 is 1.26 bits per heavy atom. The Morgan fingerprint density at radius 3 is 2.79 bits per heavy atom. The van der Waals surface area contributed by atoms with Crippen LogP contribution in [-0.4, -0.2) is 51.8 Å². The maximum Gasteiger partial charge on any atom is 0.283 e. The molecule has 10 heteroatoms. The number of fused-ring (bicyclic) bond motifs is 1. The van der Waals surface area contributed by atoms with Crippen molar-refractivity contribution in [2.24, 2.45) is 10.7 Å². The maximum absolute atomic E-state index is 12.4. The molecule has 0 bridgehead atoms. The van der Waals surface area contributed by atoms with E-state index in [0.29, 0.717) is 13.0 Å². The Hall–Kier alpha value is -4.31. The molecule has 4 rings (SSSR count). The molecule has 174 valence electrons. The van der Waals surface area contributed by atoms with Crippen molar-refractivity contribution in [1.29, 1.82) is 0 Å². The molecule has 1 atom stereocenters. The van der Waals surface area contributed by atoms with Crippen LogP contribution in [0.4, 0.5) is 17.5 Å². The van der Waals surface area contributed by atoms with Crippen molar-refractivity contribution < 1.29 is 14.7 Å². The summed E-state index contributed by atoms with van der Waals surface area (Å²) in [5.74, 6) is -0.0627. The number of aliphatic hydroxyl groups excluding tert-OH is 1. The summed E-state index contributed by atoms with van der Waals surface area (Å²) in [6.07, 6.45) is 2.64. The molecule has 1 aliphatic rings. The highest BCUT2D eigenvalue weighted by Crippen LogP contribution is 2.26. The Bertz CT molecular complexity index is 1230. The van der Waals surface area contributed by atoms with E-state index in [1.165, 1.54) is 6.20 Å². The van der Waals surface area contributed by atoms with Crippen LogP contribution in [0.5, 0.6) is 0 Å². The van der Waals surface area contributed by atoms with E-state index in [4.69, 9.17) is 5.73 Å². The SMILES string of the molecule is CN1Cc2cc(Nc3ncc(C(=O)N=CN)c(N[C@H](CO)c4ccccc4)n3)ccc2CC1=O. The van der Waals surface area contributed by atoms with Crippen LogP contribution >= 0.6 is 0 Å². The minimum Gasteiger partial charge on any atom is -0.394 e. The van der Waals surface area contributed by atoms with E-state index in [-0.39, 0.29) is 29.8 Å². The van der Waals surface area contributed by atoms with E-state index in [0.717, 1.165) is 28.7 Å². The molecule has 2 aromatic carbocycles. The minimum atomic E-state index is -0.609. The molecule has 10 nitrogen and oxygen atoms in total. The minimum absolute atomic E-state index is 0.0875. The van der Waals surface area contributed by atoms with Gasteiger partial charge in [0.15, 0.2) is 0 Å². The van der Waals surface area contributed by atoms with Crippen LogP contribution in [-0.2, 0) is 17.8 Å². The standard InChI is InChI=1S/C24H25N7O3/c1-31-12-17-9-18(8-7-16(17)10-21(31)33)28-24-26-11-19(23(34)27-14-25)22(30-24)29-20(13-32)15-5-3-2-4-6-15/h2-9,11,14,20,32H,10,12-13H2,1H3,(H2,25,27,34)(H2,26,28,29,30)/t20-/m1/s1. The molecule has 0 fully saturated rings. The van der Waals surface area contributed by atoms with Gasteiger partial charge in [0.25, 0.3) is 5.91 Å². The fraction of sp³-hybridized carbons (Fsp3) is 0.208. The van der Waals surface area contributed by atoms with E-state index in [2.05, 4.69) is 25.6 Å². The second-order valence-electron chi connectivity index (χ2n) is 7.86. The van der Waals surface area contributed by atoms with Crippen LogP contribution in [0.1, 0.15) is 33.1 Å². The summed E-state index contributed by atoms with van der Waals surface area (Å²) < 4.78 is 0. The van der Waals surface area contributed by atoms with Crippen molar-refractivity contribution in [3.8, 4) is 0 Å². The molecule has 0 saturated carbocycles. The number of hydrogen-bond donors (Lipinski definition) is 4. The number of nitrogens with one attached hydrogen (secondary N) is 2. The van der Waals surface area contributed by atoms with Gasteiger partial charge in [-0.3, -0.25) is 9.59 Å². The predicted molar refractivity (Wildman–Crippen MR) is 129 cm³/mol. The Balaban J connectivity index is 1.63. The molecule has 0 radical (unpaired) electrons. The van der Waals surface area contributed by atoms with E-state index >= 15 is 0 Å². The zero-order chi connectivity index (χ0) is 24.1. The van der Waals surface area contributed by atoms with Gasteiger partial charge >= 0.3 is 0 Å². The van der Waals surface area contributed by atoms with Crippen molar-refractivity contribution in [2.45, 2.75) is 19.0 Å². The summed E-state index contributed by atoms with van der Waals surface area (Å²) in [5, 5.41) is 16.2. The lowest BCUT2D eigenvalue weighted by molar-refractivity contribution is -0.130. The van der Waals surface area contributed by atoms with Gasteiger partial charge in [-0.25, -0.2) is 4.98 Å². The number of anilines is 3. The largest absolute Gasteiger partial charge is 0.394 e. The highest BCUT2D eigenvalue weighted by Gasteiger charge is 2.21. The normalized spacial score (nSPS) is 14.1. The van der Waals surface area contributed by atoms with Crippen molar-refractivity contribution in [3.05, 3.63) is 77.0 Å². The van der Waals surface area contributed by atoms with E-state index < -0.39 is 11.9 Å². The number of nitrogens with two attached hydrogens (primary N) is 1. The smallest absolute Gasteiger partial charge is 0.283 e. The zero-order valence-corrected chi connectivity index (χ0v) is 18.6. The average molecular weight is 460 g/mol. The number of aliphatic hydroxyl groups is 1. The molecule has 2 amide bonds. The third kappa shape index (κ3) is 5.02. The number of hydrogen-bond acceptors (Lipinski definition) is 7. The number of benzene rings is 2. The maximum atomic E-state index is 12.4. The summed E-state index contributed by atoms with van der Waals surface area (Å²) in [5.41, 5.74) is 9.01. The third-order valence-corrected chi connectivity index (χ3v) is 5.54. The van der Waals surface area contributed by atoms with Gasteiger partial charge in [0.1, 0.15) is 11.4 Å². The number of amides is 2. The van der Waals surface area contributed by atoms with Gasteiger partial charge < -0.3 is 26.4 Å². The summed E-state index contributed by atoms with van der Waals surface area (Å²) >= 11 is 0. The van der Waals surface area contributed by atoms with Crippen molar-refractivity contribution in [3.63, 3.8) is 0 Å². The second kappa shape index (κ2) is 10.1. The topological polar surface area (TPSA) is 146 Å². The molecule has 34 heavy (non-hydrogen) atoms. The summed E-state index contributed by atoms with van der Waals surface area (Å²) in [6, 6.07) is 14.5. The molecule has 1 aliphatic heterocycles. The first-order valence-electron chi connectivity index (χ1n) is 10.7. The van der Waals surface area contributed by atoms with Gasteiger partial charge in [0, 0.05) is 25.5 Å². The molecule has 0 spiro atoms. The molecular weight excluding hydrogens is 434 g/mol. The number of rotatable bonds is 7. The number of likely N-dealkylation sites (N-methyl/N-ethyl adjacent to an activating group) is 1. The molecule has 2 heterocycles. The molecular formula is C24H25N7O3. The summed E-state index contributed by atoms with van der Waals surface area (Å²) in [7, 11) is 1.77. The molecule has 0 aliphatic carbocycles. The van der Waals surface area contributed by atoms with Crippen LogP contribution in [0.3, 0.4) is 0 Å². The lowest BCUT2D eigenvalue weighted by atomic mass is 9.99. The number of nitrogens with zero attached hydrogens (tertiary/aromatic N) is 4. The quantitative estimate of drug-likeness (QED) is 0.310. The number of aromatic nitrogens is 2. The van der Waals surface area contributed by atoms with E-state index in [9.17, 15) is 14.7 Å². The third-order valence-electron chi connectivity index (χ3n) is 5.54. The number of carbonyl (C=O) groups is 2. The molecule has 5 N–H and O–H groups in total. The van der Waals surface area contributed by atoms with Crippen LogP contribution in [0.15, 0.2) is 59.7 Å². The zero-order valence-electron chi connectivity index (χ0n) is 18.6. The second-order valence-corrected chi connectivity index (χ2v) is 7.86. The molecule has 0 saturated heterocycles. The van der Waals surface area contributed by atoms with Gasteiger partial charge in [-0.1, -0.05) is 36.4 Å². The van der Waals surface area contributed by atoms with Gasteiger partial charge in [-0.05, 0) is 28.8 Å². The van der Waals surface area contributed by atoms with E-state index in [1.807, 2.05) is 48.5 Å². The van der Waals surface area contributed by atoms with Crippen molar-refractivity contribution in [2.75, 3.05) is 24.3 Å². The van der Waals surface area contributed by atoms with Crippen LogP contribution in [0, 0.1) is 0 Å². The fourth-order valence-electron chi connectivity index (χ4n) is 3.72. The van der Waals surface area contributed by atoms with Crippen molar-refractivity contribution >= 4 is 35.6 Å². The number of carbonyl (C=O) groups excluding carboxylic acids is 2. The first-order chi connectivity index (χ1) is 16.5. The Kier molecular flexibility index (Phi) is 6.79. The van der Waals surface area contributed by atoms with Gasteiger partial charge in [-0.2, -0.15) is 9.98 Å². The van der Waals surface area contributed by atoms with Gasteiger partial charge in [0.2, 0.25) is 11.9 Å². The molecule has 0 unspecified atom stereocenters. The van der Waals surface area contributed by atoms with Gasteiger partial charge in [-0.15, -0.1) is 0 Å². The monoisotopic (exact) mass is 459 g/mol. The van der Waals surface area contributed by atoms with Crippen LogP contribution in [0.2, 0.25) is 0 Å². The first-order valence-corrected chi connectivity index (χ1v) is 10.7. The fourth-order valence-corrected chi connectivity index (χ4v) is 3.72. The highest BCUT2D eigenvalue weighted by molar-refractivity contribution is 6.02. The lowest BCUT2D eigenvalue weighted by Gasteiger charge is -2.25.